The predicted molar refractivity (Wildman–Crippen MR) is 44.1 cm³/mol. The first kappa shape index (κ1) is 4.92. The maximum Gasteiger partial charge on any atom is -0.0107 e. The minimum Gasteiger partial charge on any atom is -0.0761 e. The summed E-state index contributed by atoms with van der Waals surface area (Å²) in [4.78, 5) is 0. The van der Waals surface area contributed by atoms with Crippen LogP contribution in [0.15, 0.2) is 12.2 Å². The van der Waals surface area contributed by atoms with Crippen LogP contribution >= 0.6 is 18.9 Å². The standard InChI is InChI=1S/C6H5I/c1-7-5-3-2-4-6-7/h2-3,5H,1H2. The number of rotatable bonds is 0. The second-order valence-corrected chi connectivity index (χ2v) is 4.65. The van der Waals surface area contributed by atoms with E-state index in [1.165, 1.54) is 0 Å². The average molecular weight is 204 g/mol. The number of hydrogen-bond donors (Lipinski definition) is 0. The molecule has 0 amide bonds. The third-order valence-electron chi connectivity index (χ3n) is 0.580. The Morgan fingerprint density at radius 1 is 1.57 bits per heavy atom. The molecule has 1 heterocycles. The molecule has 36 valence electrons. The van der Waals surface area contributed by atoms with Gasteiger partial charge in [0.25, 0.3) is 0 Å². The normalized spacial score (nSPS) is 17.1. The van der Waals surface area contributed by atoms with Gasteiger partial charge in [-0.15, -0.1) is 0 Å². The van der Waals surface area contributed by atoms with E-state index in [-0.39, 0.29) is 0 Å². The van der Waals surface area contributed by atoms with Gasteiger partial charge in [-0.3, -0.25) is 0 Å². The Morgan fingerprint density at radius 3 is 2.71 bits per heavy atom. The highest BCUT2D eigenvalue weighted by molar-refractivity contribution is 14.2. The third kappa shape index (κ3) is 1.36. The second kappa shape index (κ2) is 2.17. The first-order valence-electron chi connectivity index (χ1n) is 1.88. The van der Waals surface area contributed by atoms with Crippen LogP contribution < -0.4 is 0 Å². The molecule has 0 saturated carbocycles. The maximum absolute atomic E-state index is 3.87. The summed E-state index contributed by atoms with van der Waals surface area (Å²) in [6, 6.07) is 0. The summed E-state index contributed by atoms with van der Waals surface area (Å²) in [5.41, 5.74) is 0. The van der Waals surface area contributed by atoms with E-state index in [9.17, 15) is 0 Å². The third-order valence-corrected chi connectivity index (χ3v) is 2.87. The van der Waals surface area contributed by atoms with E-state index < -0.39 is 18.9 Å². The molecule has 0 atom stereocenters. The number of hydrogen-bond acceptors (Lipinski definition) is 0. The van der Waals surface area contributed by atoms with E-state index in [2.05, 4.69) is 18.4 Å². The topological polar surface area (TPSA) is 0 Å². The van der Waals surface area contributed by atoms with Gasteiger partial charge in [-0.1, -0.05) is 29.3 Å². The Bertz CT molecular complexity index is 216. The molecule has 0 bridgehead atoms. The Balaban J connectivity index is 3.15. The van der Waals surface area contributed by atoms with Crippen molar-refractivity contribution in [3.8, 4) is 9.85 Å². The van der Waals surface area contributed by atoms with Crippen molar-refractivity contribution >= 4 is 27.4 Å². The zero-order valence-corrected chi connectivity index (χ0v) is 5.97. The van der Waals surface area contributed by atoms with Crippen LogP contribution in [0.3, 0.4) is 0 Å². The smallest absolute Gasteiger partial charge is 0.0107 e. The van der Waals surface area contributed by atoms with Crippen molar-refractivity contribution in [3.05, 3.63) is 12.2 Å². The molecule has 0 aromatic carbocycles. The summed E-state index contributed by atoms with van der Waals surface area (Å²) >= 11 is -1.06. The zero-order chi connectivity index (χ0) is 5.11. The summed E-state index contributed by atoms with van der Waals surface area (Å²) in [7, 11) is 0. The molecule has 0 aromatic rings. The molecule has 0 unspecified atom stereocenters. The van der Waals surface area contributed by atoms with Gasteiger partial charge in [0, 0.05) is 0 Å². The quantitative estimate of drug-likeness (QED) is 0.411. The summed E-state index contributed by atoms with van der Waals surface area (Å²) in [5.74, 6) is 2.88. The zero-order valence-electron chi connectivity index (χ0n) is 3.82. The van der Waals surface area contributed by atoms with Gasteiger partial charge in [0.1, 0.15) is 0 Å². The van der Waals surface area contributed by atoms with E-state index in [0.29, 0.717) is 0 Å². The number of allylic oxidation sites excluding steroid dienone is 2. The summed E-state index contributed by atoms with van der Waals surface area (Å²) in [6.45, 7) is 0. The molecule has 0 spiro atoms. The van der Waals surface area contributed by atoms with Crippen molar-refractivity contribution in [1.29, 1.82) is 0 Å². The van der Waals surface area contributed by atoms with Gasteiger partial charge < -0.3 is 0 Å². The van der Waals surface area contributed by atoms with Gasteiger partial charge in [-0.05, 0) is 20.1 Å². The fourth-order valence-electron chi connectivity index (χ4n) is 0.305. The fourth-order valence-corrected chi connectivity index (χ4v) is 1.77. The lowest BCUT2D eigenvalue weighted by Crippen LogP contribution is -1.60. The van der Waals surface area contributed by atoms with Crippen LogP contribution in [0.5, 0.6) is 0 Å². The van der Waals surface area contributed by atoms with Crippen molar-refractivity contribution in [3.63, 3.8) is 0 Å². The molecule has 0 radical (unpaired) electrons. The van der Waals surface area contributed by atoms with E-state index in [1.807, 2.05) is 12.2 Å². The molecule has 0 saturated heterocycles. The van der Waals surface area contributed by atoms with Crippen molar-refractivity contribution < 1.29 is 0 Å². The van der Waals surface area contributed by atoms with Crippen LogP contribution in [0.2, 0.25) is 0 Å². The van der Waals surface area contributed by atoms with Crippen LogP contribution in [-0.2, 0) is 0 Å². The molecule has 0 N–H and O–H groups in total. The lowest BCUT2D eigenvalue weighted by atomic mass is 10.6. The fraction of sp³-hybridized carbons (Fsp3) is 0. The highest BCUT2D eigenvalue weighted by atomic mass is 127. The molecule has 1 heteroatoms. The van der Waals surface area contributed by atoms with Gasteiger partial charge in [0.2, 0.25) is 0 Å². The van der Waals surface area contributed by atoms with Crippen LogP contribution in [0.1, 0.15) is 0 Å². The molecule has 7 heavy (non-hydrogen) atoms. The van der Waals surface area contributed by atoms with Gasteiger partial charge in [-0.25, -0.2) is 0 Å². The van der Waals surface area contributed by atoms with Gasteiger partial charge in [0.15, 0.2) is 0 Å². The summed E-state index contributed by atoms with van der Waals surface area (Å²) < 4.78 is 9.03. The SMILES string of the molecule is C=I1=CC=CC#C1. The minimum atomic E-state index is -1.06. The molecule has 0 nitrogen and oxygen atoms in total. The van der Waals surface area contributed by atoms with Gasteiger partial charge in [0.05, 0.1) is 0 Å². The second-order valence-electron chi connectivity index (χ2n) is 1.12. The van der Waals surface area contributed by atoms with E-state index in [4.69, 9.17) is 0 Å². The number of halogens is 1. The molecule has 0 aromatic heterocycles. The van der Waals surface area contributed by atoms with Crippen molar-refractivity contribution in [2.24, 2.45) is 0 Å². The first-order valence-corrected chi connectivity index (χ1v) is 5.73. The van der Waals surface area contributed by atoms with Crippen LogP contribution in [0, 0.1) is 9.85 Å². The molecule has 0 fully saturated rings. The minimum absolute atomic E-state index is 1.06. The van der Waals surface area contributed by atoms with Crippen molar-refractivity contribution in [2.75, 3.05) is 0 Å². The molecule has 0 aliphatic carbocycles. The average Bonchev–Trinajstić information content (AvgIpc) is 1.69. The van der Waals surface area contributed by atoms with Crippen molar-refractivity contribution in [2.45, 2.75) is 0 Å². The summed E-state index contributed by atoms with van der Waals surface area (Å²) in [6.07, 6.45) is 3.85. The highest BCUT2D eigenvalue weighted by Gasteiger charge is 1.68. The Hall–Kier alpha value is -0.230. The van der Waals surface area contributed by atoms with Gasteiger partial charge >= 0.3 is 0 Å². The van der Waals surface area contributed by atoms with Crippen molar-refractivity contribution in [1.82, 2.24) is 0 Å². The Labute approximate surface area is 49.6 Å². The van der Waals surface area contributed by atoms with Crippen LogP contribution in [-0.4, -0.2) is 8.53 Å². The Kier molecular flexibility index (Phi) is 1.53. The summed E-state index contributed by atoms with van der Waals surface area (Å²) in [5, 5.41) is 0. The van der Waals surface area contributed by atoms with E-state index in [1.54, 1.807) is 0 Å². The lowest BCUT2D eigenvalue weighted by molar-refractivity contribution is 2.25. The largest absolute Gasteiger partial charge is 0.0761 e. The molecule has 1 aliphatic rings. The molecular weight excluding hydrogens is 199 g/mol. The van der Waals surface area contributed by atoms with E-state index >= 15 is 0 Å². The van der Waals surface area contributed by atoms with E-state index in [0.717, 1.165) is 0 Å². The molecule has 1 rings (SSSR count). The van der Waals surface area contributed by atoms with Gasteiger partial charge in [-0.2, -0.15) is 0 Å². The molecular formula is C6H5I. The highest BCUT2D eigenvalue weighted by Crippen LogP contribution is 2.02. The van der Waals surface area contributed by atoms with Crippen LogP contribution in [0.25, 0.3) is 0 Å². The monoisotopic (exact) mass is 204 g/mol. The van der Waals surface area contributed by atoms with Crippen LogP contribution in [0.4, 0.5) is 0 Å². The first-order chi connectivity index (χ1) is 3.39. The lowest BCUT2D eigenvalue weighted by Gasteiger charge is -1.77. The Morgan fingerprint density at radius 2 is 2.43 bits per heavy atom. The molecule has 1 aliphatic heterocycles. The predicted octanol–water partition coefficient (Wildman–Crippen LogP) is 1.26. The maximum atomic E-state index is 3.87.